The van der Waals surface area contributed by atoms with Crippen molar-refractivity contribution < 1.29 is 31.5 Å². The number of aromatic nitrogens is 2. The number of halogens is 5. The van der Waals surface area contributed by atoms with E-state index in [2.05, 4.69) is 25.3 Å². The molecule has 0 aliphatic heterocycles. The smallest absolute Gasteiger partial charge is 0.393 e. The Hall–Kier alpha value is -2.20. The molecule has 1 aliphatic carbocycles. The molecule has 22 heavy (non-hydrogen) atoms. The van der Waals surface area contributed by atoms with Crippen molar-refractivity contribution in [3.63, 3.8) is 0 Å². The maximum atomic E-state index is 12.3. The predicted molar refractivity (Wildman–Crippen MR) is 62.0 cm³/mol. The van der Waals surface area contributed by atoms with Crippen molar-refractivity contribution in [2.75, 3.05) is 0 Å². The number of alkyl halides is 5. The van der Waals surface area contributed by atoms with Crippen LogP contribution >= 0.6 is 0 Å². The van der Waals surface area contributed by atoms with Gasteiger partial charge in [0.15, 0.2) is 0 Å². The average molecular weight is 326 g/mol. The first-order valence-electron chi connectivity index (χ1n) is 6.13. The molecule has 2 N–H and O–H groups in total. The van der Waals surface area contributed by atoms with Gasteiger partial charge in [-0.15, -0.1) is 0 Å². The van der Waals surface area contributed by atoms with Crippen molar-refractivity contribution in [1.29, 1.82) is 0 Å². The number of carbonyl (C=O) groups excluding carboxylic acids is 1. The normalized spacial score (nSPS) is 20.6. The Morgan fingerprint density at radius 3 is 2.77 bits per heavy atom. The van der Waals surface area contributed by atoms with Gasteiger partial charge in [-0.25, -0.2) is 9.78 Å². The van der Waals surface area contributed by atoms with Gasteiger partial charge in [0.05, 0.1) is 18.2 Å². The number of nitrogens with one attached hydrogen (secondary N) is 2. The summed E-state index contributed by atoms with van der Waals surface area (Å²) < 4.78 is 64.8. The van der Waals surface area contributed by atoms with Crippen LogP contribution in [0.5, 0.6) is 6.01 Å². The lowest BCUT2D eigenvalue weighted by Crippen LogP contribution is -2.38. The van der Waals surface area contributed by atoms with Crippen molar-refractivity contribution in [2.45, 2.75) is 31.8 Å². The highest BCUT2D eigenvalue weighted by Crippen LogP contribution is 2.44. The number of ether oxygens (including phenoxy) is 1. The summed E-state index contributed by atoms with van der Waals surface area (Å²) in [5.74, 6) is -1.52. The van der Waals surface area contributed by atoms with Gasteiger partial charge in [-0.3, -0.25) is 0 Å². The SMILES string of the molecule is O=C(NCc1ccnc(OC(F)F)n1)N[C@@H]1C[C@H]1C(F)(F)F. The zero-order chi connectivity index (χ0) is 16.3. The highest BCUT2D eigenvalue weighted by Gasteiger charge is 2.56. The van der Waals surface area contributed by atoms with Crippen molar-refractivity contribution in [2.24, 2.45) is 5.92 Å². The highest BCUT2D eigenvalue weighted by molar-refractivity contribution is 5.74. The van der Waals surface area contributed by atoms with Crippen LogP contribution in [0.3, 0.4) is 0 Å². The first-order valence-corrected chi connectivity index (χ1v) is 6.13. The Morgan fingerprint density at radius 2 is 2.18 bits per heavy atom. The highest BCUT2D eigenvalue weighted by atomic mass is 19.4. The molecule has 1 aromatic rings. The second-order valence-corrected chi connectivity index (χ2v) is 4.53. The molecule has 0 spiro atoms. The fraction of sp³-hybridized carbons (Fsp3) is 0.545. The fourth-order valence-corrected chi connectivity index (χ4v) is 1.72. The minimum absolute atomic E-state index is 0.156. The van der Waals surface area contributed by atoms with Crippen LogP contribution in [-0.4, -0.2) is 34.8 Å². The quantitative estimate of drug-likeness (QED) is 0.810. The molecule has 1 fully saturated rings. The van der Waals surface area contributed by atoms with Crippen LogP contribution in [0.15, 0.2) is 12.3 Å². The molecule has 0 saturated heterocycles. The van der Waals surface area contributed by atoms with Gasteiger partial charge in [0.2, 0.25) is 0 Å². The van der Waals surface area contributed by atoms with E-state index in [1.807, 2.05) is 0 Å². The van der Waals surface area contributed by atoms with Gasteiger partial charge in [-0.1, -0.05) is 0 Å². The number of amides is 2. The second kappa shape index (κ2) is 6.28. The molecule has 0 unspecified atom stereocenters. The Balaban J connectivity index is 1.77. The zero-order valence-corrected chi connectivity index (χ0v) is 10.9. The van der Waals surface area contributed by atoms with E-state index in [1.165, 1.54) is 6.07 Å². The number of hydrogen-bond acceptors (Lipinski definition) is 4. The number of nitrogens with zero attached hydrogens (tertiary/aromatic N) is 2. The van der Waals surface area contributed by atoms with E-state index in [0.717, 1.165) is 6.20 Å². The summed E-state index contributed by atoms with van der Waals surface area (Å²) in [6.45, 7) is -3.25. The molecular weight excluding hydrogens is 315 g/mol. The molecule has 2 amide bonds. The van der Waals surface area contributed by atoms with Crippen LogP contribution in [0.25, 0.3) is 0 Å². The summed E-state index contributed by atoms with van der Waals surface area (Å²) >= 11 is 0. The summed E-state index contributed by atoms with van der Waals surface area (Å²) in [5.41, 5.74) is 0.170. The monoisotopic (exact) mass is 326 g/mol. The molecule has 1 aromatic heterocycles. The van der Waals surface area contributed by atoms with Crippen molar-refractivity contribution in [3.8, 4) is 6.01 Å². The van der Waals surface area contributed by atoms with E-state index in [1.54, 1.807) is 0 Å². The maximum absolute atomic E-state index is 12.3. The molecule has 1 heterocycles. The van der Waals surface area contributed by atoms with Crippen LogP contribution in [0.4, 0.5) is 26.7 Å². The third-order valence-corrected chi connectivity index (χ3v) is 2.84. The lowest BCUT2D eigenvalue weighted by Gasteiger charge is -2.09. The fourth-order valence-electron chi connectivity index (χ4n) is 1.72. The van der Waals surface area contributed by atoms with E-state index >= 15 is 0 Å². The molecular formula is C11H11F5N4O2. The minimum Gasteiger partial charge on any atom is -0.401 e. The molecule has 122 valence electrons. The molecule has 2 atom stereocenters. The third kappa shape index (κ3) is 4.67. The second-order valence-electron chi connectivity index (χ2n) is 4.53. The van der Waals surface area contributed by atoms with E-state index in [-0.39, 0.29) is 18.7 Å². The van der Waals surface area contributed by atoms with Gasteiger partial charge in [0.1, 0.15) is 0 Å². The van der Waals surface area contributed by atoms with Crippen LogP contribution in [0, 0.1) is 5.92 Å². The minimum atomic E-state index is -4.33. The summed E-state index contributed by atoms with van der Waals surface area (Å²) in [6, 6.07) is -0.960. The van der Waals surface area contributed by atoms with E-state index < -0.39 is 36.8 Å². The molecule has 1 aliphatic rings. The molecule has 1 saturated carbocycles. The third-order valence-electron chi connectivity index (χ3n) is 2.84. The molecule has 0 aromatic carbocycles. The first kappa shape index (κ1) is 16.2. The number of hydrogen-bond donors (Lipinski definition) is 2. The number of urea groups is 1. The maximum Gasteiger partial charge on any atom is 0.393 e. The summed E-state index contributed by atoms with van der Waals surface area (Å²) in [7, 11) is 0. The van der Waals surface area contributed by atoms with Crippen molar-refractivity contribution in [1.82, 2.24) is 20.6 Å². The van der Waals surface area contributed by atoms with E-state index in [0.29, 0.717) is 0 Å². The van der Waals surface area contributed by atoms with Crippen molar-refractivity contribution >= 4 is 6.03 Å². The summed E-state index contributed by atoms with van der Waals surface area (Å²) in [5, 5.41) is 4.43. The molecule has 11 heteroatoms. The number of rotatable bonds is 5. The largest absolute Gasteiger partial charge is 0.401 e. The molecule has 6 nitrogen and oxygen atoms in total. The molecule has 0 bridgehead atoms. The van der Waals surface area contributed by atoms with Crippen molar-refractivity contribution in [3.05, 3.63) is 18.0 Å². The Labute approximate surface area is 121 Å². The van der Waals surface area contributed by atoms with E-state index in [9.17, 15) is 26.7 Å². The summed E-state index contributed by atoms with van der Waals surface area (Å²) in [6.07, 6.45) is -3.33. The number of carbonyl (C=O) groups is 1. The topological polar surface area (TPSA) is 76.1 Å². The van der Waals surface area contributed by atoms with Gasteiger partial charge in [-0.2, -0.15) is 26.9 Å². The predicted octanol–water partition coefficient (Wildman–Crippen LogP) is 1.83. The van der Waals surface area contributed by atoms with Gasteiger partial charge in [-0.05, 0) is 12.5 Å². The lowest BCUT2D eigenvalue weighted by atomic mass is 10.4. The molecule has 0 radical (unpaired) electrons. The van der Waals surface area contributed by atoms with Gasteiger partial charge in [0.25, 0.3) is 0 Å². The molecule has 2 rings (SSSR count). The van der Waals surface area contributed by atoms with Gasteiger partial charge >= 0.3 is 24.8 Å². The first-order chi connectivity index (χ1) is 10.3. The average Bonchev–Trinajstić information content (AvgIpc) is 3.15. The van der Waals surface area contributed by atoms with Crippen LogP contribution in [0.1, 0.15) is 12.1 Å². The lowest BCUT2D eigenvalue weighted by molar-refractivity contribution is -0.148. The van der Waals surface area contributed by atoms with Gasteiger partial charge in [0, 0.05) is 12.2 Å². The zero-order valence-electron chi connectivity index (χ0n) is 10.9. The van der Waals surface area contributed by atoms with Crippen LogP contribution < -0.4 is 15.4 Å². The Bertz CT molecular complexity index is 539. The van der Waals surface area contributed by atoms with Gasteiger partial charge < -0.3 is 15.4 Å². The Kier molecular flexibility index (Phi) is 4.62. The van der Waals surface area contributed by atoms with Crippen LogP contribution in [-0.2, 0) is 6.54 Å². The summed E-state index contributed by atoms with van der Waals surface area (Å²) in [4.78, 5) is 18.5. The standard InChI is InChI=1S/C11H11F5N4O2/c12-8(13)22-10-17-2-1-5(19-10)4-18-9(21)20-7-3-6(7)11(14,15)16/h1-2,6-8H,3-4H2,(H2,18,20,21)/t6-,7-/m1/s1. The Morgan fingerprint density at radius 1 is 1.45 bits per heavy atom. The van der Waals surface area contributed by atoms with E-state index in [4.69, 9.17) is 0 Å². The van der Waals surface area contributed by atoms with Crippen LogP contribution in [0.2, 0.25) is 0 Å².